The molecule has 1 amide bonds. The predicted octanol–water partition coefficient (Wildman–Crippen LogP) is 4.27. The zero-order valence-electron chi connectivity index (χ0n) is 17.9. The molecule has 1 N–H and O–H groups in total. The molecule has 0 aliphatic rings. The van der Waals surface area contributed by atoms with E-state index in [1.807, 2.05) is 60.7 Å². The molecule has 0 radical (unpaired) electrons. The van der Waals surface area contributed by atoms with Gasteiger partial charge in [0.25, 0.3) is 0 Å². The minimum absolute atomic E-state index is 0.000573. The van der Waals surface area contributed by atoms with Crippen LogP contribution < -0.4 is 10.1 Å². The van der Waals surface area contributed by atoms with Crippen molar-refractivity contribution in [1.29, 1.82) is 0 Å². The van der Waals surface area contributed by atoms with E-state index in [4.69, 9.17) is 16.3 Å². The number of amides is 1. The molecule has 3 rings (SSSR count). The molecule has 8 heteroatoms. The van der Waals surface area contributed by atoms with Crippen LogP contribution in [0.2, 0.25) is 5.02 Å². The fourth-order valence-corrected chi connectivity index (χ4v) is 5.09. The quantitative estimate of drug-likeness (QED) is 0.504. The summed E-state index contributed by atoms with van der Waals surface area (Å²) in [4.78, 5) is 13.0. The number of ether oxygens (including phenoxy) is 1. The number of carbonyl (C=O) groups is 1. The highest BCUT2D eigenvalue weighted by Crippen LogP contribution is 2.28. The summed E-state index contributed by atoms with van der Waals surface area (Å²) in [6.45, 7) is 1.49. The Hall–Kier alpha value is -2.87. The Morgan fingerprint density at radius 3 is 2.03 bits per heavy atom. The molecule has 0 bridgehead atoms. The molecule has 6 nitrogen and oxygen atoms in total. The average Bonchev–Trinajstić information content (AvgIpc) is 2.82. The molecular formula is C24H25ClN2O4S. The van der Waals surface area contributed by atoms with Crippen LogP contribution in [0.25, 0.3) is 0 Å². The third-order valence-corrected chi connectivity index (χ3v) is 7.22. The van der Waals surface area contributed by atoms with Crippen LogP contribution in [0.1, 0.15) is 24.1 Å². The van der Waals surface area contributed by atoms with Crippen molar-refractivity contribution in [2.24, 2.45) is 0 Å². The van der Waals surface area contributed by atoms with Gasteiger partial charge in [0.2, 0.25) is 15.9 Å². The molecule has 0 aromatic heterocycles. The number of benzene rings is 3. The number of carbonyl (C=O) groups excluding carboxylic acids is 1. The molecule has 0 aliphatic heterocycles. The lowest BCUT2D eigenvalue weighted by molar-refractivity contribution is -0.121. The molecule has 0 saturated carbocycles. The lowest BCUT2D eigenvalue weighted by atomic mass is 9.99. The zero-order valence-corrected chi connectivity index (χ0v) is 19.4. The van der Waals surface area contributed by atoms with E-state index in [9.17, 15) is 13.2 Å². The van der Waals surface area contributed by atoms with E-state index in [0.29, 0.717) is 5.75 Å². The van der Waals surface area contributed by atoms with Crippen LogP contribution in [0.3, 0.4) is 0 Å². The van der Waals surface area contributed by atoms with Gasteiger partial charge in [-0.15, -0.1) is 0 Å². The van der Waals surface area contributed by atoms with E-state index in [0.717, 1.165) is 15.4 Å². The molecule has 0 unspecified atom stereocenters. The van der Waals surface area contributed by atoms with Gasteiger partial charge in [0.1, 0.15) is 5.75 Å². The Balaban J connectivity index is 1.82. The number of nitrogens with zero attached hydrogens (tertiary/aromatic N) is 1. The van der Waals surface area contributed by atoms with Crippen LogP contribution in [-0.4, -0.2) is 38.8 Å². The standard InChI is InChI=1S/C24H25ClN2O4S/c1-3-27(32(29,30)20-14-15-22(31-2)21(25)16-20)17-23(28)26-24(18-10-6-4-7-11-18)19-12-8-5-9-13-19/h4-16,24H,3,17H2,1-2H3,(H,26,28). The minimum Gasteiger partial charge on any atom is -0.495 e. The SMILES string of the molecule is CCN(CC(=O)NC(c1ccccc1)c1ccccc1)S(=O)(=O)c1ccc(OC)c(Cl)c1. The first kappa shape index (κ1) is 23.8. The molecular weight excluding hydrogens is 448 g/mol. The van der Waals surface area contributed by atoms with Crippen molar-refractivity contribution < 1.29 is 17.9 Å². The Morgan fingerprint density at radius 1 is 1.00 bits per heavy atom. The number of sulfonamides is 1. The lowest BCUT2D eigenvalue weighted by Crippen LogP contribution is -2.42. The van der Waals surface area contributed by atoms with Gasteiger partial charge in [0, 0.05) is 6.54 Å². The van der Waals surface area contributed by atoms with Gasteiger partial charge in [-0.2, -0.15) is 4.31 Å². The van der Waals surface area contributed by atoms with Gasteiger partial charge in [-0.3, -0.25) is 4.79 Å². The third-order valence-electron chi connectivity index (χ3n) is 5.00. The maximum atomic E-state index is 13.1. The Bertz CT molecular complexity index is 1120. The van der Waals surface area contributed by atoms with Crippen LogP contribution in [0.15, 0.2) is 83.8 Å². The number of hydrogen-bond donors (Lipinski definition) is 1. The molecule has 168 valence electrons. The highest BCUT2D eigenvalue weighted by atomic mass is 35.5. The first-order chi connectivity index (χ1) is 15.4. The van der Waals surface area contributed by atoms with E-state index in [1.54, 1.807) is 6.92 Å². The topological polar surface area (TPSA) is 75.7 Å². The number of likely N-dealkylation sites (N-methyl/N-ethyl adjacent to an activating group) is 1. The number of nitrogens with one attached hydrogen (secondary N) is 1. The van der Waals surface area contributed by atoms with E-state index in [-0.39, 0.29) is 23.0 Å². The van der Waals surface area contributed by atoms with Crippen LogP contribution in [0.5, 0.6) is 5.75 Å². The van der Waals surface area contributed by atoms with Crippen molar-refractivity contribution in [3.8, 4) is 5.75 Å². The second-order valence-corrected chi connectivity index (χ2v) is 9.39. The van der Waals surface area contributed by atoms with Crippen molar-refractivity contribution in [2.45, 2.75) is 17.9 Å². The minimum atomic E-state index is -3.93. The van der Waals surface area contributed by atoms with Gasteiger partial charge in [-0.25, -0.2) is 8.42 Å². The first-order valence-electron chi connectivity index (χ1n) is 10.1. The van der Waals surface area contributed by atoms with Gasteiger partial charge in [-0.05, 0) is 29.3 Å². The lowest BCUT2D eigenvalue weighted by Gasteiger charge is -2.24. The van der Waals surface area contributed by atoms with Gasteiger partial charge >= 0.3 is 0 Å². The summed E-state index contributed by atoms with van der Waals surface area (Å²) in [5, 5.41) is 3.16. The van der Waals surface area contributed by atoms with Crippen molar-refractivity contribution in [3.63, 3.8) is 0 Å². The summed E-state index contributed by atoms with van der Waals surface area (Å²) in [5.41, 5.74) is 1.81. The fraction of sp³-hybridized carbons (Fsp3) is 0.208. The third kappa shape index (κ3) is 5.48. The molecule has 0 heterocycles. The van der Waals surface area contributed by atoms with Crippen molar-refractivity contribution in [3.05, 3.63) is 95.0 Å². The van der Waals surface area contributed by atoms with Gasteiger partial charge in [0.15, 0.2) is 0 Å². The predicted molar refractivity (Wildman–Crippen MR) is 125 cm³/mol. The summed E-state index contributed by atoms with van der Waals surface area (Å²) in [5.74, 6) is -0.0345. The Labute approximate surface area is 193 Å². The van der Waals surface area contributed by atoms with Crippen molar-refractivity contribution >= 4 is 27.5 Å². The van der Waals surface area contributed by atoms with Crippen LogP contribution in [0.4, 0.5) is 0 Å². The fourth-order valence-electron chi connectivity index (χ4n) is 3.34. The monoisotopic (exact) mass is 472 g/mol. The van der Waals surface area contributed by atoms with E-state index < -0.39 is 22.0 Å². The van der Waals surface area contributed by atoms with Gasteiger partial charge < -0.3 is 10.1 Å². The van der Waals surface area contributed by atoms with E-state index >= 15 is 0 Å². The average molecular weight is 473 g/mol. The zero-order chi connectivity index (χ0) is 23.1. The largest absolute Gasteiger partial charge is 0.495 e. The molecule has 0 spiro atoms. The normalized spacial score (nSPS) is 11.5. The van der Waals surface area contributed by atoms with Crippen LogP contribution in [-0.2, 0) is 14.8 Å². The summed E-state index contributed by atoms with van der Waals surface area (Å²) in [6.07, 6.45) is 0. The van der Waals surface area contributed by atoms with Gasteiger partial charge in [-0.1, -0.05) is 79.2 Å². The molecule has 3 aromatic carbocycles. The Morgan fingerprint density at radius 2 is 1.56 bits per heavy atom. The first-order valence-corrected chi connectivity index (χ1v) is 11.9. The highest BCUT2D eigenvalue weighted by molar-refractivity contribution is 7.89. The smallest absolute Gasteiger partial charge is 0.243 e. The number of rotatable bonds is 9. The summed E-state index contributed by atoms with van der Waals surface area (Å²) < 4.78 is 32.5. The Kier molecular flexibility index (Phi) is 7.90. The summed E-state index contributed by atoms with van der Waals surface area (Å²) in [6, 6.07) is 22.9. The van der Waals surface area contributed by atoms with Gasteiger partial charge in [0.05, 0.1) is 29.6 Å². The highest BCUT2D eigenvalue weighted by Gasteiger charge is 2.27. The van der Waals surface area contributed by atoms with Crippen LogP contribution in [0, 0.1) is 0 Å². The molecule has 0 saturated heterocycles. The van der Waals surface area contributed by atoms with Crippen LogP contribution >= 0.6 is 11.6 Å². The molecule has 0 atom stereocenters. The van der Waals surface area contributed by atoms with E-state index in [2.05, 4.69) is 5.32 Å². The molecule has 0 fully saturated rings. The summed E-state index contributed by atoms with van der Waals surface area (Å²) in [7, 11) is -2.47. The number of methoxy groups -OCH3 is 1. The second-order valence-electron chi connectivity index (χ2n) is 7.05. The number of hydrogen-bond acceptors (Lipinski definition) is 4. The maximum Gasteiger partial charge on any atom is 0.243 e. The maximum absolute atomic E-state index is 13.1. The molecule has 32 heavy (non-hydrogen) atoms. The molecule has 0 aliphatic carbocycles. The van der Waals surface area contributed by atoms with E-state index in [1.165, 1.54) is 25.3 Å². The molecule has 3 aromatic rings. The second kappa shape index (κ2) is 10.6. The van der Waals surface area contributed by atoms with Crippen molar-refractivity contribution in [2.75, 3.05) is 20.2 Å². The van der Waals surface area contributed by atoms with Crippen molar-refractivity contribution in [1.82, 2.24) is 9.62 Å². The summed E-state index contributed by atoms with van der Waals surface area (Å²) >= 11 is 6.11. The number of halogens is 1.